The second-order valence-electron chi connectivity index (χ2n) is 3.18. The molecule has 16 heavy (non-hydrogen) atoms. The van der Waals surface area contributed by atoms with Crippen molar-refractivity contribution in [1.82, 2.24) is 9.97 Å². The van der Waals surface area contributed by atoms with Crippen LogP contribution in [0.3, 0.4) is 0 Å². The van der Waals surface area contributed by atoms with E-state index in [-0.39, 0.29) is 0 Å². The van der Waals surface area contributed by atoms with Gasteiger partial charge in [0.15, 0.2) is 0 Å². The van der Waals surface area contributed by atoms with Crippen molar-refractivity contribution in [2.75, 3.05) is 36.6 Å². The minimum atomic E-state index is 0.611. The number of nitrogens with zero attached hydrogens (tertiary/aromatic N) is 3. The van der Waals surface area contributed by atoms with Gasteiger partial charge in [0.05, 0.1) is 6.61 Å². The van der Waals surface area contributed by atoms with Crippen LogP contribution in [0, 0.1) is 0 Å². The smallest absolute Gasteiger partial charge is 0.145 e. The molecule has 90 valence electrons. The molecule has 0 unspecified atom stereocenters. The molecule has 1 rings (SSSR count). The fraction of sp³-hybridized carbons (Fsp3) is 0.600. The van der Waals surface area contributed by atoms with E-state index in [0.717, 1.165) is 25.5 Å². The van der Waals surface area contributed by atoms with Crippen molar-refractivity contribution < 1.29 is 4.74 Å². The molecule has 0 saturated carbocycles. The number of aromatic nitrogens is 2. The summed E-state index contributed by atoms with van der Waals surface area (Å²) in [5.74, 6) is 6.76. The quantitative estimate of drug-likeness (QED) is 0.402. The van der Waals surface area contributed by atoms with Crippen LogP contribution in [-0.2, 0) is 4.74 Å². The standard InChI is InChI=1S/C10H19N5O/c1-3-15(5-6-16-4-2)10-7-9(14-11)12-8-13-10/h7-8H,3-6,11H2,1-2H3,(H,12,13,14). The normalized spacial score (nSPS) is 10.2. The Labute approximate surface area is 95.8 Å². The summed E-state index contributed by atoms with van der Waals surface area (Å²) in [5.41, 5.74) is 2.50. The SMILES string of the molecule is CCOCCN(CC)c1cc(NN)ncn1. The van der Waals surface area contributed by atoms with E-state index < -0.39 is 0 Å². The number of likely N-dealkylation sites (N-methyl/N-ethyl adjacent to an activating group) is 1. The van der Waals surface area contributed by atoms with Gasteiger partial charge in [-0.2, -0.15) is 0 Å². The molecule has 0 spiro atoms. The van der Waals surface area contributed by atoms with Crippen LogP contribution in [0.25, 0.3) is 0 Å². The summed E-state index contributed by atoms with van der Waals surface area (Å²) < 4.78 is 5.32. The molecule has 0 atom stereocenters. The molecule has 0 aliphatic heterocycles. The number of nitrogens with two attached hydrogens (primary N) is 1. The van der Waals surface area contributed by atoms with Crippen molar-refractivity contribution in [2.45, 2.75) is 13.8 Å². The number of ether oxygens (including phenoxy) is 1. The summed E-state index contributed by atoms with van der Waals surface area (Å²) in [4.78, 5) is 10.3. The predicted molar refractivity (Wildman–Crippen MR) is 64.2 cm³/mol. The van der Waals surface area contributed by atoms with E-state index in [4.69, 9.17) is 10.6 Å². The Morgan fingerprint density at radius 3 is 2.88 bits per heavy atom. The van der Waals surface area contributed by atoms with Crippen molar-refractivity contribution >= 4 is 11.6 Å². The van der Waals surface area contributed by atoms with Gasteiger partial charge in [-0.3, -0.25) is 0 Å². The van der Waals surface area contributed by atoms with Gasteiger partial charge >= 0.3 is 0 Å². The van der Waals surface area contributed by atoms with Crippen LogP contribution >= 0.6 is 0 Å². The summed E-state index contributed by atoms with van der Waals surface area (Å²) in [6.07, 6.45) is 1.49. The molecular weight excluding hydrogens is 206 g/mol. The van der Waals surface area contributed by atoms with Gasteiger partial charge in [0, 0.05) is 25.8 Å². The van der Waals surface area contributed by atoms with Gasteiger partial charge in [-0.15, -0.1) is 0 Å². The van der Waals surface area contributed by atoms with Crippen LogP contribution in [0.1, 0.15) is 13.8 Å². The van der Waals surface area contributed by atoms with Crippen molar-refractivity contribution in [1.29, 1.82) is 0 Å². The molecule has 3 N–H and O–H groups in total. The number of nitrogen functional groups attached to an aromatic ring is 1. The fourth-order valence-electron chi connectivity index (χ4n) is 1.35. The number of hydrogen-bond acceptors (Lipinski definition) is 6. The zero-order chi connectivity index (χ0) is 11.8. The number of anilines is 2. The summed E-state index contributed by atoms with van der Waals surface area (Å²) in [7, 11) is 0. The van der Waals surface area contributed by atoms with Crippen LogP contribution in [0.2, 0.25) is 0 Å². The number of hydrazine groups is 1. The maximum atomic E-state index is 5.32. The van der Waals surface area contributed by atoms with Gasteiger partial charge in [0.2, 0.25) is 0 Å². The van der Waals surface area contributed by atoms with E-state index in [2.05, 4.69) is 27.2 Å². The van der Waals surface area contributed by atoms with Crippen molar-refractivity contribution in [3.05, 3.63) is 12.4 Å². The minimum absolute atomic E-state index is 0.611. The minimum Gasteiger partial charge on any atom is -0.380 e. The summed E-state index contributed by atoms with van der Waals surface area (Å²) in [6, 6.07) is 1.81. The largest absolute Gasteiger partial charge is 0.380 e. The van der Waals surface area contributed by atoms with Crippen molar-refractivity contribution in [2.24, 2.45) is 5.84 Å². The Morgan fingerprint density at radius 2 is 2.25 bits per heavy atom. The monoisotopic (exact) mass is 225 g/mol. The van der Waals surface area contributed by atoms with Gasteiger partial charge in [0.1, 0.15) is 18.0 Å². The first-order valence-corrected chi connectivity index (χ1v) is 5.43. The van der Waals surface area contributed by atoms with Crippen molar-refractivity contribution in [3.8, 4) is 0 Å². The van der Waals surface area contributed by atoms with E-state index >= 15 is 0 Å². The molecule has 0 fully saturated rings. The zero-order valence-electron chi connectivity index (χ0n) is 9.81. The molecular formula is C10H19N5O. The summed E-state index contributed by atoms with van der Waals surface area (Å²) >= 11 is 0. The number of rotatable bonds is 7. The van der Waals surface area contributed by atoms with Crippen molar-refractivity contribution in [3.63, 3.8) is 0 Å². The zero-order valence-corrected chi connectivity index (χ0v) is 9.81. The Morgan fingerprint density at radius 1 is 1.44 bits per heavy atom. The van der Waals surface area contributed by atoms with Gasteiger partial charge in [-0.05, 0) is 13.8 Å². The number of nitrogens with one attached hydrogen (secondary N) is 1. The first-order valence-electron chi connectivity index (χ1n) is 5.43. The molecule has 0 radical (unpaired) electrons. The second-order valence-corrected chi connectivity index (χ2v) is 3.18. The van der Waals surface area contributed by atoms with Crippen LogP contribution in [0.5, 0.6) is 0 Å². The Balaban J connectivity index is 2.62. The van der Waals surface area contributed by atoms with E-state index in [1.54, 1.807) is 0 Å². The molecule has 0 bridgehead atoms. The summed E-state index contributed by atoms with van der Waals surface area (Å²) in [5, 5.41) is 0. The molecule has 1 heterocycles. The summed E-state index contributed by atoms with van der Waals surface area (Å²) in [6.45, 7) is 7.16. The first-order chi connectivity index (χ1) is 7.81. The van der Waals surface area contributed by atoms with Crippen LogP contribution < -0.4 is 16.2 Å². The van der Waals surface area contributed by atoms with Gasteiger partial charge < -0.3 is 15.1 Å². The highest BCUT2D eigenvalue weighted by atomic mass is 16.5. The maximum Gasteiger partial charge on any atom is 0.145 e. The molecule has 0 aromatic carbocycles. The third-order valence-corrected chi connectivity index (χ3v) is 2.22. The number of hydrogen-bond donors (Lipinski definition) is 2. The molecule has 1 aromatic rings. The van der Waals surface area contributed by atoms with E-state index in [9.17, 15) is 0 Å². The maximum absolute atomic E-state index is 5.32. The highest BCUT2D eigenvalue weighted by Crippen LogP contribution is 2.12. The topological polar surface area (TPSA) is 76.3 Å². The average molecular weight is 225 g/mol. The lowest BCUT2D eigenvalue weighted by Gasteiger charge is -2.21. The first kappa shape index (κ1) is 12.7. The molecule has 6 heteroatoms. The van der Waals surface area contributed by atoms with Gasteiger partial charge in [-0.1, -0.05) is 0 Å². The van der Waals surface area contributed by atoms with E-state index in [0.29, 0.717) is 12.4 Å². The van der Waals surface area contributed by atoms with Crippen LogP contribution in [0.15, 0.2) is 12.4 Å². The van der Waals surface area contributed by atoms with Gasteiger partial charge in [-0.25, -0.2) is 15.8 Å². The molecule has 0 amide bonds. The molecule has 1 aromatic heterocycles. The highest BCUT2D eigenvalue weighted by molar-refractivity contribution is 5.47. The lowest BCUT2D eigenvalue weighted by molar-refractivity contribution is 0.154. The van der Waals surface area contributed by atoms with Crippen LogP contribution in [-0.4, -0.2) is 36.3 Å². The third kappa shape index (κ3) is 3.63. The Kier molecular flexibility index (Phi) is 5.52. The highest BCUT2D eigenvalue weighted by Gasteiger charge is 2.06. The van der Waals surface area contributed by atoms with E-state index in [1.807, 2.05) is 13.0 Å². The van der Waals surface area contributed by atoms with Crippen LogP contribution in [0.4, 0.5) is 11.6 Å². The fourth-order valence-corrected chi connectivity index (χ4v) is 1.35. The molecule has 0 aliphatic carbocycles. The second kappa shape index (κ2) is 6.97. The third-order valence-electron chi connectivity index (χ3n) is 2.22. The Bertz CT molecular complexity index is 307. The lowest BCUT2D eigenvalue weighted by Crippen LogP contribution is -2.28. The lowest BCUT2D eigenvalue weighted by atomic mass is 10.4. The van der Waals surface area contributed by atoms with Gasteiger partial charge in [0.25, 0.3) is 0 Å². The molecule has 6 nitrogen and oxygen atoms in total. The average Bonchev–Trinajstić information content (AvgIpc) is 2.35. The van der Waals surface area contributed by atoms with E-state index in [1.165, 1.54) is 6.33 Å². The Hall–Kier alpha value is -1.40. The predicted octanol–water partition coefficient (Wildman–Crippen LogP) is 0.625. The molecule has 0 saturated heterocycles. The molecule has 0 aliphatic rings.